The van der Waals surface area contributed by atoms with Crippen molar-refractivity contribution in [3.63, 3.8) is 0 Å². The Morgan fingerprint density at radius 3 is 2.65 bits per heavy atom. The lowest BCUT2D eigenvalue weighted by Gasteiger charge is -2.22. The van der Waals surface area contributed by atoms with Crippen molar-refractivity contribution in [1.82, 2.24) is 14.8 Å². The highest BCUT2D eigenvalue weighted by atomic mass is 127. The normalized spacial score (nSPS) is 10.9. The maximum atomic E-state index is 4.45. The van der Waals surface area contributed by atoms with Gasteiger partial charge in [0.15, 0.2) is 5.96 Å². The van der Waals surface area contributed by atoms with Crippen molar-refractivity contribution in [3.05, 3.63) is 24.0 Å². The first kappa shape index (κ1) is 16.3. The van der Waals surface area contributed by atoms with Crippen LogP contribution >= 0.6 is 24.0 Å². The van der Waals surface area contributed by atoms with Crippen LogP contribution < -0.4 is 5.32 Å². The highest BCUT2D eigenvalue weighted by Crippen LogP contribution is 2.03. The van der Waals surface area contributed by atoms with Crippen molar-refractivity contribution in [2.24, 2.45) is 12.0 Å². The minimum Gasteiger partial charge on any atom is -0.357 e. The van der Waals surface area contributed by atoms with Crippen LogP contribution in [0, 0.1) is 0 Å². The Hall–Kier alpha value is -0.720. The molecule has 0 bridgehead atoms. The fraction of sp³-hybridized carbons (Fsp3) is 0.583. The van der Waals surface area contributed by atoms with Crippen LogP contribution in [0.15, 0.2) is 23.3 Å². The number of aliphatic imine (C=N–C) groups is 1. The molecule has 0 aliphatic rings. The van der Waals surface area contributed by atoms with Crippen LogP contribution in [-0.4, -0.2) is 35.6 Å². The first-order chi connectivity index (χ1) is 7.69. The minimum absolute atomic E-state index is 0. The molecule has 0 aromatic carbocycles. The monoisotopic (exact) mass is 350 g/mol. The molecule has 4 nitrogen and oxygen atoms in total. The van der Waals surface area contributed by atoms with Gasteiger partial charge in [-0.2, -0.15) is 0 Å². The summed E-state index contributed by atoms with van der Waals surface area (Å²) in [6.07, 6.45) is 2.06. The molecule has 0 saturated heterocycles. The molecule has 0 saturated carbocycles. The molecule has 1 aromatic rings. The van der Waals surface area contributed by atoms with Crippen LogP contribution in [0.25, 0.3) is 0 Å². The number of nitrogens with zero attached hydrogens (tertiary/aromatic N) is 3. The minimum atomic E-state index is 0. The molecule has 1 aromatic heterocycles. The molecule has 0 atom stereocenters. The van der Waals surface area contributed by atoms with E-state index in [0.717, 1.165) is 25.6 Å². The Bertz CT molecular complexity index is 346. The van der Waals surface area contributed by atoms with Crippen molar-refractivity contribution >= 4 is 29.9 Å². The van der Waals surface area contributed by atoms with Crippen LogP contribution in [0.3, 0.4) is 0 Å². The van der Waals surface area contributed by atoms with E-state index in [1.165, 1.54) is 5.69 Å². The van der Waals surface area contributed by atoms with E-state index >= 15 is 0 Å². The average Bonchev–Trinajstić information content (AvgIpc) is 2.64. The molecule has 0 amide bonds. The highest BCUT2D eigenvalue weighted by molar-refractivity contribution is 14.0. The number of halogens is 1. The maximum Gasteiger partial charge on any atom is 0.193 e. The second-order valence-electron chi connectivity index (χ2n) is 3.79. The van der Waals surface area contributed by atoms with Crippen molar-refractivity contribution < 1.29 is 0 Å². The van der Waals surface area contributed by atoms with Gasteiger partial charge in [-0.25, -0.2) is 0 Å². The fourth-order valence-electron chi connectivity index (χ4n) is 1.60. The molecular weight excluding hydrogens is 327 g/mol. The van der Waals surface area contributed by atoms with Crippen molar-refractivity contribution in [1.29, 1.82) is 0 Å². The number of aryl methyl sites for hydroxylation is 1. The molecule has 17 heavy (non-hydrogen) atoms. The summed E-state index contributed by atoms with van der Waals surface area (Å²) in [5.74, 6) is 0.964. The summed E-state index contributed by atoms with van der Waals surface area (Å²) in [5, 5.41) is 3.28. The molecule has 0 aliphatic heterocycles. The number of aromatic nitrogens is 1. The third-order valence-corrected chi connectivity index (χ3v) is 2.45. The smallest absolute Gasteiger partial charge is 0.193 e. The van der Waals surface area contributed by atoms with Crippen molar-refractivity contribution in [3.8, 4) is 0 Å². The fourth-order valence-corrected chi connectivity index (χ4v) is 1.60. The molecule has 0 fully saturated rings. The van der Waals surface area contributed by atoms with E-state index < -0.39 is 0 Å². The van der Waals surface area contributed by atoms with Gasteiger partial charge >= 0.3 is 0 Å². The summed E-state index contributed by atoms with van der Waals surface area (Å²) in [7, 11) is 4.12. The van der Waals surface area contributed by atoms with Crippen molar-refractivity contribution in [2.45, 2.75) is 20.4 Å². The predicted octanol–water partition coefficient (Wildman–Crippen LogP) is 2.06. The molecule has 1 N–H and O–H groups in total. The van der Waals surface area contributed by atoms with Gasteiger partial charge in [-0.05, 0) is 26.0 Å². The molecular formula is C12H23IN4. The third kappa shape index (κ3) is 4.97. The van der Waals surface area contributed by atoms with Crippen LogP contribution in [-0.2, 0) is 13.6 Å². The summed E-state index contributed by atoms with van der Waals surface area (Å²) in [5.41, 5.74) is 1.28. The summed E-state index contributed by atoms with van der Waals surface area (Å²) >= 11 is 0. The second-order valence-corrected chi connectivity index (χ2v) is 3.79. The third-order valence-electron chi connectivity index (χ3n) is 2.45. The van der Waals surface area contributed by atoms with Crippen LogP contribution in [0.5, 0.6) is 0 Å². The second kappa shape index (κ2) is 8.38. The predicted molar refractivity (Wildman–Crippen MR) is 83.9 cm³/mol. The summed E-state index contributed by atoms with van der Waals surface area (Å²) < 4.78 is 2.13. The van der Waals surface area contributed by atoms with Gasteiger partial charge in [-0.3, -0.25) is 4.99 Å². The Labute approximate surface area is 121 Å². The number of rotatable bonds is 4. The zero-order chi connectivity index (χ0) is 12.0. The van der Waals surface area contributed by atoms with Crippen LogP contribution in [0.1, 0.15) is 19.5 Å². The molecule has 0 aliphatic carbocycles. The maximum absolute atomic E-state index is 4.45. The van der Waals surface area contributed by atoms with Gasteiger partial charge in [0.25, 0.3) is 0 Å². The highest BCUT2D eigenvalue weighted by Gasteiger charge is 2.07. The summed E-state index contributed by atoms with van der Waals surface area (Å²) in [6.45, 7) is 6.71. The van der Waals surface area contributed by atoms with E-state index in [9.17, 15) is 0 Å². The average molecular weight is 350 g/mol. The van der Waals surface area contributed by atoms with E-state index in [2.05, 4.69) is 59.1 Å². The topological polar surface area (TPSA) is 32.6 Å². The molecule has 1 rings (SSSR count). The van der Waals surface area contributed by atoms with Crippen molar-refractivity contribution in [2.75, 3.05) is 20.1 Å². The lowest BCUT2D eigenvalue weighted by Crippen LogP contribution is -2.38. The van der Waals surface area contributed by atoms with E-state index in [1.54, 1.807) is 0 Å². The molecule has 0 radical (unpaired) electrons. The molecule has 1 heterocycles. The van der Waals surface area contributed by atoms with E-state index in [4.69, 9.17) is 0 Å². The number of hydrogen-bond donors (Lipinski definition) is 1. The Kier molecular flexibility index (Phi) is 8.03. The molecule has 5 heteroatoms. The Morgan fingerprint density at radius 2 is 2.18 bits per heavy atom. The van der Waals surface area contributed by atoms with E-state index in [-0.39, 0.29) is 24.0 Å². The van der Waals surface area contributed by atoms with Crippen LogP contribution in [0.4, 0.5) is 0 Å². The van der Waals surface area contributed by atoms with Gasteiger partial charge in [0.05, 0.1) is 6.54 Å². The lowest BCUT2D eigenvalue weighted by atomic mass is 10.4. The molecule has 98 valence electrons. The SMILES string of the molecule is CCN=C(NCC)N(C)Cc1cccn1C.I. The first-order valence-corrected chi connectivity index (χ1v) is 5.78. The number of nitrogens with one attached hydrogen (secondary N) is 1. The van der Waals surface area contributed by atoms with Gasteiger partial charge in [-0.1, -0.05) is 0 Å². The first-order valence-electron chi connectivity index (χ1n) is 5.78. The zero-order valence-electron chi connectivity index (χ0n) is 11.1. The van der Waals surface area contributed by atoms with E-state index in [0.29, 0.717) is 0 Å². The quantitative estimate of drug-likeness (QED) is 0.512. The van der Waals surface area contributed by atoms with Crippen LogP contribution in [0.2, 0.25) is 0 Å². The van der Waals surface area contributed by atoms with Gasteiger partial charge in [0, 0.05) is 39.1 Å². The van der Waals surface area contributed by atoms with Gasteiger partial charge in [0.1, 0.15) is 0 Å². The van der Waals surface area contributed by atoms with Gasteiger partial charge in [0.2, 0.25) is 0 Å². The zero-order valence-corrected chi connectivity index (χ0v) is 13.4. The Balaban J connectivity index is 0.00000256. The summed E-state index contributed by atoms with van der Waals surface area (Å²) in [4.78, 5) is 6.59. The van der Waals surface area contributed by atoms with Gasteiger partial charge < -0.3 is 14.8 Å². The van der Waals surface area contributed by atoms with E-state index in [1.807, 2.05) is 6.92 Å². The largest absolute Gasteiger partial charge is 0.357 e. The molecule has 0 spiro atoms. The number of hydrogen-bond acceptors (Lipinski definition) is 1. The molecule has 0 unspecified atom stereocenters. The summed E-state index contributed by atoms with van der Waals surface area (Å²) in [6, 6.07) is 4.19. The Morgan fingerprint density at radius 1 is 1.47 bits per heavy atom. The van der Waals surface area contributed by atoms with Gasteiger partial charge in [-0.15, -0.1) is 24.0 Å². The standard InChI is InChI=1S/C12H22N4.HI/c1-5-13-12(14-6-2)16(4)10-11-8-7-9-15(11)3;/h7-9H,5-6,10H2,1-4H3,(H,13,14);1H. The number of guanidine groups is 1. The lowest BCUT2D eigenvalue weighted by molar-refractivity contribution is 0.462.